The van der Waals surface area contributed by atoms with E-state index in [9.17, 15) is 14.4 Å². The summed E-state index contributed by atoms with van der Waals surface area (Å²) in [6.45, 7) is 6.47. The van der Waals surface area contributed by atoms with Crippen molar-refractivity contribution >= 4 is 17.9 Å². The Bertz CT molecular complexity index is 1190. The molecule has 0 aromatic heterocycles. The first-order valence-corrected chi connectivity index (χ1v) is 26.4. The highest BCUT2D eigenvalue weighted by Crippen LogP contribution is 2.14. The van der Waals surface area contributed by atoms with Crippen LogP contribution in [0.3, 0.4) is 0 Å². The summed E-state index contributed by atoms with van der Waals surface area (Å²) in [4.78, 5) is 37.9. The third-order valence-corrected chi connectivity index (χ3v) is 11.2. The fourth-order valence-electron chi connectivity index (χ4n) is 7.23. The van der Waals surface area contributed by atoms with Gasteiger partial charge in [-0.3, -0.25) is 14.4 Å². The average Bonchev–Trinajstić information content (AvgIpc) is 3.28. The number of carbonyl (C=O) groups excluding carboxylic acids is 3. The van der Waals surface area contributed by atoms with Crippen LogP contribution in [0.25, 0.3) is 0 Å². The molecule has 0 heterocycles. The molecule has 0 N–H and O–H groups in total. The average molecular weight is 879 g/mol. The smallest absolute Gasteiger partial charge is 0.306 e. The van der Waals surface area contributed by atoms with Gasteiger partial charge in [0.15, 0.2) is 6.10 Å². The monoisotopic (exact) mass is 879 g/mol. The summed E-state index contributed by atoms with van der Waals surface area (Å²) < 4.78 is 16.7. The highest BCUT2D eigenvalue weighted by molar-refractivity contribution is 5.71. The van der Waals surface area contributed by atoms with Crippen LogP contribution < -0.4 is 0 Å². The van der Waals surface area contributed by atoms with Crippen LogP contribution >= 0.6 is 0 Å². The molecule has 6 nitrogen and oxygen atoms in total. The van der Waals surface area contributed by atoms with Gasteiger partial charge in [0.2, 0.25) is 0 Å². The molecule has 0 spiro atoms. The molecule has 0 saturated carbocycles. The Morgan fingerprint density at radius 3 is 0.984 bits per heavy atom. The fourth-order valence-corrected chi connectivity index (χ4v) is 7.23. The van der Waals surface area contributed by atoms with E-state index in [1.165, 1.54) is 89.9 Å². The predicted octanol–water partition coefficient (Wildman–Crippen LogP) is 17.4. The Morgan fingerprint density at radius 2 is 0.619 bits per heavy atom. The van der Waals surface area contributed by atoms with Gasteiger partial charge in [-0.05, 0) is 89.9 Å². The molecule has 0 aromatic carbocycles. The molecule has 0 aliphatic heterocycles. The maximum Gasteiger partial charge on any atom is 0.306 e. The van der Waals surface area contributed by atoms with Crippen LogP contribution in [0.5, 0.6) is 0 Å². The number of esters is 3. The molecule has 0 saturated heterocycles. The number of unbranched alkanes of at least 4 members (excludes halogenated alkanes) is 24. The Kier molecular flexibility index (Phi) is 48.9. The van der Waals surface area contributed by atoms with E-state index in [-0.39, 0.29) is 31.1 Å². The van der Waals surface area contributed by atoms with Crippen LogP contribution in [0, 0.1) is 0 Å². The van der Waals surface area contributed by atoms with E-state index in [2.05, 4.69) is 93.7 Å². The molecule has 0 bridgehead atoms. The minimum Gasteiger partial charge on any atom is -0.462 e. The summed E-state index contributed by atoms with van der Waals surface area (Å²) >= 11 is 0. The summed E-state index contributed by atoms with van der Waals surface area (Å²) in [5, 5.41) is 0. The van der Waals surface area contributed by atoms with E-state index < -0.39 is 6.10 Å². The standard InChI is InChI=1S/C57H98O6/c1-4-7-10-13-16-19-21-23-25-27-28-29-30-31-33-34-36-38-41-44-47-50-56(59)62-53-54(52-61-55(58)49-46-43-40-18-15-12-9-6-3)63-57(60)51-48-45-42-39-37-35-32-26-24-22-20-17-14-11-8-5-2/h7,10,16,19,23,25-26,28-29,31-33,54H,4-6,8-9,11-15,17-18,20-22,24,27,30,34-53H2,1-3H3/b10-7-,19-16-,25-23-,29-28-,32-26-,33-31-. The van der Waals surface area contributed by atoms with Gasteiger partial charge in [0.05, 0.1) is 0 Å². The van der Waals surface area contributed by atoms with Crippen molar-refractivity contribution in [2.75, 3.05) is 13.2 Å². The Labute approximate surface area is 389 Å². The molecular formula is C57H98O6. The quantitative estimate of drug-likeness (QED) is 0.0262. The van der Waals surface area contributed by atoms with Crippen molar-refractivity contribution in [3.05, 3.63) is 72.9 Å². The second-order valence-corrected chi connectivity index (χ2v) is 17.4. The Morgan fingerprint density at radius 1 is 0.333 bits per heavy atom. The fraction of sp³-hybridized carbons (Fsp3) is 0.737. The number of hydrogen-bond donors (Lipinski definition) is 0. The number of rotatable bonds is 47. The zero-order chi connectivity index (χ0) is 45.8. The molecule has 0 amide bonds. The number of ether oxygens (including phenoxy) is 3. The highest BCUT2D eigenvalue weighted by atomic mass is 16.6. The van der Waals surface area contributed by atoms with Crippen LogP contribution in [0.1, 0.15) is 252 Å². The molecule has 1 unspecified atom stereocenters. The molecule has 63 heavy (non-hydrogen) atoms. The molecule has 1 atom stereocenters. The summed E-state index contributed by atoms with van der Waals surface area (Å²) in [5.41, 5.74) is 0. The van der Waals surface area contributed by atoms with Crippen LogP contribution in [0.15, 0.2) is 72.9 Å². The first-order chi connectivity index (χ1) is 31.0. The van der Waals surface area contributed by atoms with Crippen molar-refractivity contribution in [3.63, 3.8) is 0 Å². The van der Waals surface area contributed by atoms with Gasteiger partial charge >= 0.3 is 17.9 Å². The number of hydrogen-bond acceptors (Lipinski definition) is 6. The largest absolute Gasteiger partial charge is 0.462 e. The van der Waals surface area contributed by atoms with Crippen molar-refractivity contribution in [3.8, 4) is 0 Å². The topological polar surface area (TPSA) is 78.9 Å². The maximum atomic E-state index is 12.8. The minimum absolute atomic E-state index is 0.0841. The summed E-state index contributed by atoms with van der Waals surface area (Å²) in [5.74, 6) is -0.914. The van der Waals surface area contributed by atoms with E-state index in [0.29, 0.717) is 19.3 Å². The van der Waals surface area contributed by atoms with E-state index in [1.807, 2.05) is 0 Å². The lowest BCUT2D eigenvalue weighted by Gasteiger charge is -2.18. The molecule has 0 aliphatic carbocycles. The molecule has 0 aliphatic rings. The van der Waals surface area contributed by atoms with Crippen molar-refractivity contribution in [2.24, 2.45) is 0 Å². The zero-order valence-corrected chi connectivity index (χ0v) is 41.3. The summed E-state index contributed by atoms with van der Waals surface area (Å²) in [6.07, 6.45) is 64.6. The van der Waals surface area contributed by atoms with Crippen molar-refractivity contribution in [1.29, 1.82) is 0 Å². The molecule has 0 aromatic rings. The molecule has 362 valence electrons. The normalized spacial score (nSPS) is 12.6. The molecule has 6 heteroatoms. The minimum atomic E-state index is -0.784. The zero-order valence-electron chi connectivity index (χ0n) is 41.3. The van der Waals surface area contributed by atoms with Gasteiger partial charge in [-0.15, -0.1) is 0 Å². The van der Waals surface area contributed by atoms with Crippen molar-refractivity contribution in [2.45, 2.75) is 258 Å². The van der Waals surface area contributed by atoms with E-state index in [4.69, 9.17) is 14.2 Å². The summed E-state index contributed by atoms with van der Waals surface area (Å²) in [7, 11) is 0. The third kappa shape index (κ3) is 49.7. The van der Waals surface area contributed by atoms with E-state index in [1.54, 1.807) is 0 Å². The van der Waals surface area contributed by atoms with Gasteiger partial charge in [-0.1, -0.05) is 216 Å². The van der Waals surface area contributed by atoms with Crippen LogP contribution in [0.4, 0.5) is 0 Å². The van der Waals surface area contributed by atoms with Gasteiger partial charge in [-0.25, -0.2) is 0 Å². The second kappa shape index (κ2) is 51.5. The molecule has 0 rings (SSSR count). The lowest BCUT2D eigenvalue weighted by Crippen LogP contribution is -2.30. The highest BCUT2D eigenvalue weighted by Gasteiger charge is 2.19. The lowest BCUT2D eigenvalue weighted by atomic mass is 10.1. The summed E-state index contributed by atoms with van der Waals surface area (Å²) in [6, 6.07) is 0. The SMILES string of the molecule is CC/C=C\C/C=C\C/C=C\C/C=C\C/C=C\CCCCCCCC(=O)OCC(COC(=O)CCCCCCCCCC)OC(=O)CCCCCCC/C=C\CCCCCCCCC. The Hall–Kier alpha value is -3.15. The van der Waals surface area contributed by atoms with Gasteiger partial charge < -0.3 is 14.2 Å². The van der Waals surface area contributed by atoms with Gasteiger partial charge in [-0.2, -0.15) is 0 Å². The van der Waals surface area contributed by atoms with E-state index in [0.717, 1.165) is 122 Å². The molecule has 0 fully saturated rings. The maximum absolute atomic E-state index is 12.8. The third-order valence-electron chi connectivity index (χ3n) is 11.2. The first kappa shape index (κ1) is 59.9. The number of carbonyl (C=O) groups is 3. The van der Waals surface area contributed by atoms with Crippen LogP contribution in [-0.2, 0) is 28.6 Å². The van der Waals surface area contributed by atoms with Gasteiger partial charge in [0, 0.05) is 19.3 Å². The molecule has 0 radical (unpaired) electrons. The van der Waals surface area contributed by atoms with Gasteiger partial charge in [0.1, 0.15) is 13.2 Å². The molecular weight excluding hydrogens is 781 g/mol. The van der Waals surface area contributed by atoms with Crippen molar-refractivity contribution < 1.29 is 28.6 Å². The second-order valence-electron chi connectivity index (χ2n) is 17.4. The van der Waals surface area contributed by atoms with Crippen LogP contribution in [0.2, 0.25) is 0 Å². The number of allylic oxidation sites excluding steroid dienone is 12. The lowest BCUT2D eigenvalue weighted by molar-refractivity contribution is -0.167. The first-order valence-electron chi connectivity index (χ1n) is 26.4. The van der Waals surface area contributed by atoms with Gasteiger partial charge in [0.25, 0.3) is 0 Å². The Balaban J connectivity index is 4.33. The van der Waals surface area contributed by atoms with Crippen LogP contribution in [-0.4, -0.2) is 37.2 Å². The van der Waals surface area contributed by atoms with Crippen molar-refractivity contribution in [1.82, 2.24) is 0 Å². The van der Waals surface area contributed by atoms with E-state index >= 15 is 0 Å². The predicted molar refractivity (Wildman–Crippen MR) is 270 cm³/mol.